The lowest BCUT2D eigenvalue weighted by Crippen LogP contribution is -2.59. The molecule has 13 nitrogen and oxygen atoms in total. The van der Waals surface area contributed by atoms with Gasteiger partial charge in [0.1, 0.15) is 30.2 Å². The smallest absolute Gasteiger partial charge is 0.305 e. The number of aromatic nitrogens is 1. The molecule has 0 bridgehead atoms. The Balaban J connectivity index is 1.76. The van der Waals surface area contributed by atoms with Gasteiger partial charge in [0.2, 0.25) is 29.5 Å². The molecule has 2 aromatic rings. The number of rotatable bonds is 7. The van der Waals surface area contributed by atoms with Crippen LogP contribution < -0.4 is 21.3 Å². The number of amides is 5. The van der Waals surface area contributed by atoms with Gasteiger partial charge in [-0.05, 0) is 42.7 Å². The number of hydrogen-bond acceptors (Lipinski definition) is 6. The highest BCUT2D eigenvalue weighted by Crippen LogP contribution is 2.22. The number of para-hydroxylation sites is 1. The first-order chi connectivity index (χ1) is 20.8. The third-order valence-corrected chi connectivity index (χ3v) is 8.15. The number of H-pyrrole nitrogens is 1. The number of carbonyl (C=O) groups excluding carboxylic acids is 5. The zero-order chi connectivity index (χ0) is 32.1. The Morgan fingerprint density at radius 2 is 1.55 bits per heavy atom. The van der Waals surface area contributed by atoms with Crippen molar-refractivity contribution >= 4 is 46.4 Å². The molecule has 5 amide bonds. The van der Waals surface area contributed by atoms with E-state index < -0.39 is 72.1 Å². The number of carboxylic acids is 1. The molecule has 4 rings (SSSR count). The summed E-state index contributed by atoms with van der Waals surface area (Å²) >= 11 is 0. The summed E-state index contributed by atoms with van der Waals surface area (Å²) in [4.78, 5) is 84.4. The molecule has 2 aliphatic heterocycles. The summed E-state index contributed by atoms with van der Waals surface area (Å²) in [7, 11) is 0. The quantitative estimate of drug-likeness (QED) is 0.268. The Morgan fingerprint density at radius 1 is 0.886 bits per heavy atom. The topological polar surface area (TPSA) is 190 Å². The van der Waals surface area contributed by atoms with E-state index in [4.69, 9.17) is 0 Å². The van der Waals surface area contributed by atoms with Gasteiger partial charge in [-0.15, -0.1) is 0 Å². The van der Waals surface area contributed by atoms with Crippen LogP contribution in [0.3, 0.4) is 0 Å². The van der Waals surface area contributed by atoms with E-state index in [1.165, 1.54) is 4.90 Å². The van der Waals surface area contributed by atoms with Crippen molar-refractivity contribution < 1.29 is 33.9 Å². The molecule has 6 N–H and O–H groups in total. The van der Waals surface area contributed by atoms with Crippen molar-refractivity contribution in [3.05, 3.63) is 36.0 Å². The van der Waals surface area contributed by atoms with Crippen molar-refractivity contribution in [2.75, 3.05) is 6.54 Å². The maximum absolute atomic E-state index is 13.8. The fourth-order valence-corrected chi connectivity index (χ4v) is 5.90. The Hall–Kier alpha value is -4.42. The number of aromatic amines is 1. The van der Waals surface area contributed by atoms with Crippen LogP contribution in [0.4, 0.5) is 0 Å². The second-order valence-electron chi connectivity index (χ2n) is 12.4. The first kappa shape index (κ1) is 32.5. The first-order valence-electron chi connectivity index (χ1n) is 15.1. The summed E-state index contributed by atoms with van der Waals surface area (Å²) in [6, 6.07) is 1.79. The molecule has 0 aliphatic carbocycles. The fourth-order valence-electron chi connectivity index (χ4n) is 5.90. The van der Waals surface area contributed by atoms with Crippen LogP contribution in [0, 0.1) is 11.8 Å². The molecule has 1 aromatic heterocycles. The lowest BCUT2D eigenvalue weighted by Gasteiger charge is -2.30. The van der Waals surface area contributed by atoms with Crippen molar-refractivity contribution in [1.29, 1.82) is 0 Å². The fraction of sp³-hybridized carbons (Fsp3) is 0.548. The first-order valence-corrected chi connectivity index (χ1v) is 15.1. The number of aliphatic carboxylic acids is 1. The van der Waals surface area contributed by atoms with Gasteiger partial charge >= 0.3 is 5.97 Å². The van der Waals surface area contributed by atoms with Crippen molar-refractivity contribution in [3.63, 3.8) is 0 Å². The number of hydrogen-bond donors (Lipinski definition) is 6. The van der Waals surface area contributed by atoms with E-state index in [9.17, 15) is 33.9 Å². The van der Waals surface area contributed by atoms with Crippen LogP contribution >= 0.6 is 0 Å². The van der Waals surface area contributed by atoms with Gasteiger partial charge in [-0.2, -0.15) is 0 Å². The molecule has 44 heavy (non-hydrogen) atoms. The van der Waals surface area contributed by atoms with Crippen LogP contribution in [-0.4, -0.2) is 87.2 Å². The van der Waals surface area contributed by atoms with Gasteiger partial charge in [-0.3, -0.25) is 28.8 Å². The van der Waals surface area contributed by atoms with Crippen LogP contribution in [0.1, 0.15) is 58.9 Å². The molecule has 5 atom stereocenters. The van der Waals surface area contributed by atoms with Gasteiger partial charge in [0.25, 0.3) is 0 Å². The molecule has 2 saturated heterocycles. The number of carbonyl (C=O) groups is 6. The van der Waals surface area contributed by atoms with E-state index in [0.717, 1.165) is 16.5 Å². The highest BCUT2D eigenvalue weighted by atomic mass is 16.4. The zero-order valence-corrected chi connectivity index (χ0v) is 25.5. The largest absolute Gasteiger partial charge is 0.481 e. The molecule has 2 unspecified atom stereocenters. The van der Waals surface area contributed by atoms with Gasteiger partial charge in [0.15, 0.2) is 0 Å². The molecule has 2 fully saturated rings. The Kier molecular flexibility index (Phi) is 10.3. The predicted molar refractivity (Wildman–Crippen MR) is 161 cm³/mol. The van der Waals surface area contributed by atoms with Gasteiger partial charge in [-0.25, -0.2) is 0 Å². The summed E-state index contributed by atoms with van der Waals surface area (Å²) < 4.78 is 0. The van der Waals surface area contributed by atoms with Gasteiger partial charge < -0.3 is 36.3 Å². The van der Waals surface area contributed by atoms with Crippen LogP contribution in [0.2, 0.25) is 0 Å². The van der Waals surface area contributed by atoms with E-state index in [-0.39, 0.29) is 31.2 Å². The van der Waals surface area contributed by atoms with Crippen molar-refractivity contribution in [3.8, 4) is 0 Å². The summed E-state index contributed by atoms with van der Waals surface area (Å²) in [5, 5.41) is 21.3. The molecule has 1 aromatic carbocycles. The Labute approximate surface area is 255 Å². The minimum atomic E-state index is -1.48. The molecule has 0 spiro atoms. The molecule has 2 aliphatic rings. The van der Waals surface area contributed by atoms with Crippen LogP contribution in [-0.2, 0) is 35.2 Å². The highest BCUT2D eigenvalue weighted by molar-refractivity contribution is 5.99. The van der Waals surface area contributed by atoms with E-state index in [2.05, 4.69) is 26.3 Å². The SMILES string of the molecule is CC(C)CC1NC(=O)[C@@H](C(C)C)NC(=O)C2CCCN2C(=O)[C@@H](CC(=O)O)NC(=O)[C@@H](Cc2c[nH]c3ccccc23)NC1=O. The number of nitrogens with one attached hydrogen (secondary N) is 5. The number of benzene rings is 1. The van der Waals surface area contributed by atoms with Crippen LogP contribution in [0.5, 0.6) is 0 Å². The second-order valence-corrected chi connectivity index (χ2v) is 12.4. The maximum atomic E-state index is 13.8. The van der Waals surface area contributed by atoms with Crippen LogP contribution in [0.25, 0.3) is 10.9 Å². The Bertz CT molecular complexity index is 1420. The van der Waals surface area contributed by atoms with Crippen molar-refractivity contribution in [2.45, 2.75) is 90.0 Å². The molecule has 0 saturated carbocycles. The summed E-state index contributed by atoms with van der Waals surface area (Å²) in [6.45, 7) is 7.49. The molecule has 238 valence electrons. The monoisotopic (exact) mass is 610 g/mol. The minimum Gasteiger partial charge on any atom is -0.481 e. The van der Waals surface area contributed by atoms with Gasteiger partial charge in [0, 0.05) is 30.1 Å². The predicted octanol–water partition coefficient (Wildman–Crippen LogP) is 0.831. The average molecular weight is 611 g/mol. The average Bonchev–Trinajstić information content (AvgIpc) is 3.61. The molecule has 3 heterocycles. The molecule has 0 radical (unpaired) electrons. The summed E-state index contributed by atoms with van der Waals surface area (Å²) in [6.07, 6.45) is 2.11. The summed E-state index contributed by atoms with van der Waals surface area (Å²) in [5.41, 5.74) is 1.55. The third kappa shape index (κ3) is 7.56. The van der Waals surface area contributed by atoms with E-state index in [1.807, 2.05) is 38.1 Å². The Morgan fingerprint density at radius 3 is 2.23 bits per heavy atom. The number of carboxylic acid groups (broad SMARTS) is 1. The van der Waals surface area contributed by atoms with E-state index >= 15 is 0 Å². The molecular weight excluding hydrogens is 568 g/mol. The number of nitrogens with zero attached hydrogens (tertiary/aromatic N) is 1. The molecular formula is C31H42N6O7. The summed E-state index contributed by atoms with van der Waals surface area (Å²) in [5.74, 6) is -4.86. The normalized spacial score (nSPS) is 25.6. The lowest BCUT2D eigenvalue weighted by molar-refractivity contribution is -0.146. The molecule has 13 heteroatoms. The van der Waals surface area contributed by atoms with Crippen LogP contribution in [0.15, 0.2) is 30.5 Å². The van der Waals surface area contributed by atoms with E-state index in [0.29, 0.717) is 12.8 Å². The minimum absolute atomic E-state index is 0.00858. The van der Waals surface area contributed by atoms with Crippen molar-refractivity contribution in [1.82, 2.24) is 31.2 Å². The van der Waals surface area contributed by atoms with Crippen molar-refractivity contribution in [2.24, 2.45) is 11.8 Å². The standard InChI is InChI=1S/C31H42N6O7/c1-16(2)12-21-27(40)33-22(13-18-15-32-20-9-6-5-8-19(18)20)28(41)35-23(14-25(38)39)31(44)37-11-7-10-24(37)29(42)36-26(17(3)4)30(43)34-21/h5-6,8-9,15-17,21-24,26,32H,7,10-14H2,1-4H3,(H,33,40)(H,34,43)(H,35,41)(H,36,42)(H,38,39)/t21?,22-,23-,24?,26-/m1/s1. The maximum Gasteiger partial charge on any atom is 0.305 e. The van der Waals surface area contributed by atoms with E-state index in [1.54, 1.807) is 20.0 Å². The second kappa shape index (κ2) is 13.9. The third-order valence-electron chi connectivity index (χ3n) is 8.15. The van der Waals surface area contributed by atoms with Gasteiger partial charge in [0.05, 0.1) is 6.42 Å². The number of fused-ring (bicyclic) bond motifs is 2. The highest BCUT2D eigenvalue weighted by Gasteiger charge is 2.41. The zero-order valence-electron chi connectivity index (χ0n) is 25.5. The van der Waals surface area contributed by atoms with Gasteiger partial charge in [-0.1, -0.05) is 45.9 Å². The lowest BCUT2D eigenvalue weighted by atomic mass is 9.98.